The van der Waals surface area contributed by atoms with Crippen molar-refractivity contribution in [3.8, 4) is 6.07 Å². The molecule has 0 aliphatic carbocycles. The van der Waals surface area contributed by atoms with Crippen LogP contribution in [-0.2, 0) is 0 Å². The highest BCUT2D eigenvalue weighted by Crippen LogP contribution is 2.09. The minimum atomic E-state index is -0.286. The van der Waals surface area contributed by atoms with E-state index in [9.17, 15) is 4.79 Å². The largest absolute Gasteiger partial charge is 0.321 e. The average Bonchev–Trinajstić information content (AvgIpc) is 2.83. The molecule has 1 heterocycles. The normalized spacial score (nSPS) is 9.44. The van der Waals surface area contributed by atoms with Crippen molar-refractivity contribution in [1.82, 2.24) is 10.2 Å². The zero-order valence-corrected chi connectivity index (χ0v) is 8.27. The molecule has 1 amide bonds. The van der Waals surface area contributed by atoms with Gasteiger partial charge in [-0.15, -0.1) is 0 Å². The number of nitrogens with one attached hydrogen (secondary N) is 2. The molecule has 1 aromatic carbocycles. The van der Waals surface area contributed by atoms with Crippen molar-refractivity contribution in [2.24, 2.45) is 0 Å². The van der Waals surface area contributed by atoms with E-state index in [0.29, 0.717) is 16.9 Å². The van der Waals surface area contributed by atoms with Crippen molar-refractivity contribution in [3.05, 3.63) is 47.8 Å². The minimum Gasteiger partial charge on any atom is -0.321 e. The van der Waals surface area contributed by atoms with Gasteiger partial charge in [-0.2, -0.15) is 10.4 Å². The molecular weight excluding hydrogens is 204 g/mol. The highest BCUT2D eigenvalue weighted by Gasteiger charge is 2.07. The highest BCUT2D eigenvalue weighted by atomic mass is 16.1. The molecule has 0 atom stereocenters. The lowest BCUT2D eigenvalue weighted by atomic mass is 10.2. The first-order valence-electron chi connectivity index (χ1n) is 4.61. The van der Waals surface area contributed by atoms with Crippen LogP contribution in [0.25, 0.3) is 0 Å². The van der Waals surface area contributed by atoms with Crippen LogP contribution >= 0.6 is 0 Å². The number of rotatable bonds is 2. The van der Waals surface area contributed by atoms with Crippen LogP contribution in [0.15, 0.2) is 36.5 Å². The van der Waals surface area contributed by atoms with E-state index in [0.717, 1.165) is 0 Å². The predicted molar refractivity (Wildman–Crippen MR) is 57.7 cm³/mol. The summed E-state index contributed by atoms with van der Waals surface area (Å²) in [6, 6.07) is 10.2. The van der Waals surface area contributed by atoms with Gasteiger partial charge in [-0.25, -0.2) is 0 Å². The number of amides is 1. The van der Waals surface area contributed by atoms with Gasteiger partial charge in [-0.3, -0.25) is 9.89 Å². The van der Waals surface area contributed by atoms with Gasteiger partial charge in [0.05, 0.1) is 11.6 Å². The second-order valence-corrected chi connectivity index (χ2v) is 3.10. The quantitative estimate of drug-likeness (QED) is 0.792. The highest BCUT2D eigenvalue weighted by molar-refractivity contribution is 6.02. The number of H-pyrrole nitrogens is 1. The number of carbonyl (C=O) groups is 1. The molecule has 0 aliphatic heterocycles. The Kier molecular flexibility index (Phi) is 2.65. The number of hydrogen-bond acceptors (Lipinski definition) is 3. The maximum absolute atomic E-state index is 11.6. The fourth-order valence-electron chi connectivity index (χ4n) is 1.21. The molecule has 0 aliphatic rings. The van der Waals surface area contributed by atoms with Crippen LogP contribution in [-0.4, -0.2) is 16.1 Å². The second-order valence-electron chi connectivity index (χ2n) is 3.10. The third-order valence-corrected chi connectivity index (χ3v) is 2.01. The Bertz CT molecular complexity index is 522. The maximum atomic E-state index is 11.6. The Morgan fingerprint density at radius 1 is 1.31 bits per heavy atom. The fraction of sp³-hybridized carbons (Fsp3) is 0. The summed E-state index contributed by atoms with van der Waals surface area (Å²) < 4.78 is 0. The van der Waals surface area contributed by atoms with E-state index in [-0.39, 0.29) is 5.91 Å². The first-order chi connectivity index (χ1) is 7.79. The van der Waals surface area contributed by atoms with Crippen LogP contribution in [0.1, 0.15) is 16.1 Å². The number of nitriles is 1. The Hall–Kier alpha value is -2.61. The number of anilines is 1. The summed E-state index contributed by atoms with van der Waals surface area (Å²) in [5.41, 5.74) is 1.51. The van der Waals surface area contributed by atoms with Crippen LogP contribution in [0.4, 0.5) is 5.69 Å². The lowest BCUT2D eigenvalue weighted by molar-refractivity contribution is 0.102. The van der Waals surface area contributed by atoms with Crippen molar-refractivity contribution >= 4 is 11.6 Å². The molecule has 16 heavy (non-hydrogen) atoms. The molecular formula is C11H8N4O. The molecule has 1 aromatic heterocycles. The summed E-state index contributed by atoms with van der Waals surface area (Å²) in [6.45, 7) is 0. The molecule has 0 saturated heterocycles. The Balaban J connectivity index is 2.10. The summed E-state index contributed by atoms with van der Waals surface area (Å²) >= 11 is 0. The van der Waals surface area contributed by atoms with Crippen LogP contribution in [0, 0.1) is 11.3 Å². The molecule has 0 fully saturated rings. The van der Waals surface area contributed by atoms with Crippen molar-refractivity contribution in [2.75, 3.05) is 5.32 Å². The summed E-state index contributed by atoms with van der Waals surface area (Å²) in [7, 11) is 0. The molecule has 5 nitrogen and oxygen atoms in total. The number of benzene rings is 1. The molecule has 2 aromatic rings. The number of hydrogen-bond donors (Lipinski definition) is 2. The monoisotopic (exact) mass is 212 g/mol. The lowest BCUT2D eigenvalue weighted by Crippen LogP contribution is -2.12. The Morgan fingerprint density at radius 3 is 2.62 bits per heavy atom. The number of aromatic nitrogens is 2. The van der Waals surface area contributed by atoms with Crippen LogP contribution in [0.3, 0.4) is 0 Å². The molecule has 78 valence electrons. The molecule has 0 bridgehead atoms. The smallest absolute Gasteiger partial charge is 0.276 e. The van der Waals surface area contributed by atoms with Gasteiger partial charge >= 0.3 is 0 Å². The zero-order chi connectivity index (χ0) is 11.4. The van der Waals surface area contributed by atoms with Gasteiger partial charge < -0.3 is 5.32 Å². The van der Waals surface area contributed by atoms with Crippen LogP contribution in [0.2, 0.25) is 0 Å². The van der Waals surface area contributed by atoms with E-state index >= 15 is 0 Å². The topological polar surface area (TPSA) is 81.6 Å². The van der Waals surface area contributed by atoms with E-state index in [1.807, 2.05) is 6.07 Å². The number of carbonyl (C=O) groups excluding carboxylic acids is 1. The summed E-state index contributed by atoms with van der Waals surface area (Å²) in [4.78, 5) is 11.6. The molecule has 0 radical (unpaired) electrons. The van der Waals surface area contributed by atoms with E-state index in [1.165, 1.54) is 0 Å². The van der Waals surface area contributed by atoms with Gasteiger partial charge in [0.15, 0.2) is 0 Å². The third kappa shape index (κ3) is 2.07. The van der Waals surface area contributed by atoms with E-state index in [4.69, 9.17) is 5.26 Å². The van der Waals surface area contributed by atoms with Gasteiger partial charge in [0, 0.05) is 11.9 Å². The van der Waals surface area contributed by atoms with E-state index in [2.05, 4.69) is 15.5 Å². The van der Waals surface area contributed by atoms with E-state index in [1.54, 1.807) is 36.5 Å². The van der Waals surface area contributed by atoms with Crippen molar-refractivity contribution in [3.63, 3.8) is 0 Å². The summed E-state index contributed by atoms with van der Waals surface area (Å²) in [5, 5.41) is 17.6. The van der Waals surface area contributed by atoms with Gasteiger partial charge in [-0.1, -0.05) is 0 Å². The Morgan fingerprint density at radius 2 is 2.06 bits per heavy atom. The fourth-order valence-corrected chi connectivity index (χ4v) is 1.21. The third-order valence-electron chi connectivity index (χ3n) is 2.01. The standard InChI is InChI=1S/C11H8N4O/c12-7-8-1-3-9(4-2-8)14-11(16)10-5-6-13-15-10/h1-6H,(H,13,15)(H,14,16). The first-order valence-corrected chi connectivity index (χ1v) is 4.61. The SMILES string of the molecule is N#Cc1ccc(NC(=O)c2cc[nH]n2)cc1. The van der Waals surface area contributed by atoms with Crippen molar-refractivity contribution in [2.45, 2.75) is 0 Å². The Labute approximate surface area is 91.7 Å². The summed E-state index contributed by atoms with van der Waals surface area (Å²) in [5.74, 6) is -0.286. The number of aromatic amines is 1. The summed E-state index contributed by atoms with van der Waals surface area (Å²) in [6.07, 6.45) is 1.58. The molecule has 0 unspecified atom stereocenters. The van der Waals surface area contributed by atoms with Crippen molar-refractivity contribution in [1.29, 1.82) is 5.26 Å². The van der Waals surface area contributed by atoms with Gasteiger partial charge in [0.1, 0.15) is 5.69 Å². The van der Waals surface area contributed by atoms with Crippen LogP contribution in [0.5, 0.6) is 0 Å². The second kappa shape index (κ2) is 4.28. The molecule has 0 spiro atoms. The first kappa shape index (κ1) is 9.93. The lowest BCUT2D eigenvalue weighted by Gasteiger charge is -2.02. The van der Waals surface area contributed by atoms with Crippen LogP contribution < -0.4 is 5.32 Å². The van der Waals surface area contributed by atoms with Gasteiger partial charge in [0.25, 0.3) is 5.91 Å². The molecule has 2 rings (SSSR count). The molecule has 0 saturated carbocycles. The minimum absolute atomic E-state index is 0.286. The molecule has 5 heteroatoms. The van der Waals surface area contributed by atoms with Gasteiger partial charge in [-0.05, 0) is 30.3 Å². The average molecular weight is 212 g/mol. The number of nitrogens with zero attached hydrogens (tertiary/aromatic N) is 2. The maximum Gasteiger partial charge on any atom is 0.276 e. The van der Waals surface area contributed by atoms with Gasteiger partial charge in [0.2, 0.25) is 0 Å². The van der Waals surface area contributed by atoms with E-state index < -0.39 is 0 Å². The molecule has 2 N–H and O–H groups in total. The van der Waals surface area contributed by atoms with Crippen molar-refractivity contribution < 1.29 is 4.79 Å². The zero-order valence-electron chi connectivity index (χ0n) is 8.27. The predicted octanol–water partition coefficient (Wildman–Crippen LogP) is 1.53.